The number of para-hydroxylation sites is 2. The average molecular weight is 915 g/mol. The molecule has 2 aliphatic rings. The van der Waals surface area contributed by atoms with Gasteiger partial charge in [-0.25, -0.2) is 0 Å². The third-order valence-electron chi connectivity index (χ3n) is 15.3. The minimum absolute atomic E-state index is 0.0979. The van der Waals surface area contributed by atoms with Gasteiger partial charge in [0.15, 0.2) is 0 Å². The van der Waals surface area contributed by atoms with Crippen molar-refractivity contribution in [2.45, 2.75) is 87.0 Å². The Bertz CT molecular complexity index is 3690. The Morgan fingerprint density at radius 3 is 1.26 bits per heavy atom. The normalized spacial score (nSPS) is 13.6. The third kappa shape index (κ3) is 6.13. The smallest absolute Gasteiger partial charge is 0.262 e. The lowest BCUT2D eigenvalue weighted by Crippen LogP contribution is -2.61. The molecule has 344 valence electrons. The number of fused-ring (bicyclic) bond motifs is 10. The molecule has 4 aromatic heterocycles. The van der Waals surface area contributed by atoms with Gasteiger partial charge in [-0.1, -0.05) is 114 Å². The monoisotopic (exact) mass is 914 g/mol. The third-order valence-corrected chi connectivity index (χ3v) is 15.3. The van der Waals surface area contributed by atoms with E-state index in [4.69, 9.17) is 17.7 Å². The van der Waals surface area contributed by atoms with Crippen molar-refractivity contribution in [1.82, 2.24) is 0 Å². The van der Waals surface area contributed by atoms with Gasteiger partial charge in [-0.05, 0) is 151 Å². The summed E-state index contributed by atoms with van der Waals surface area (Å²) in [7, 11) is 0. The van der Waals surface area contributed by atoms with Crippen molar-refractivity contribution in [2.24, 2.45) is 0 Å². The van der Waals surface area contributed by atoms with E-state index in [1.54, 1.807) is 0 Å². The Labute approximate surface area is 409 Å². The van der Waals surface area contributed by atoms with Crippen molar-refractivity contribution in [2.75, 3.05) is 9.80 Å². The van der Waals surface area contributed by atoms with Crippen LogP contribution in [0.1, 0.15) is 80.5 Å². The number of nitrogens with zero attached hydrogens (tertiary/aromatic N) is 2. The van der Waals surface area contributed by atoms with Gasteiger partial charge in [-0.2, -0.15) is 0 Å². The maximum atomic E-state index is 7.39. The van der Waals surface area contributed by atoms with Crippen molar-refractivity contribution in [3.05, 3.63) is 172 Å². The lowest BCUT2D eigenvalue weighted by atomic mass is 9.33. The number of furan rings is 4. The highest BCUT2D eigenvalue weighted by Gasteiger charge is 2.50. The molecule has 11 aromatic rings. The van der Waals surface area contributed by atoms with Crippen LogP contribution >= 0.6 is 0 Å². The molecule has 0 bridgehead atoms. The first-order valence-corrected chi connectivity index (χ1v) is 24.6. The Balaban J connectivity index is 1.16. The number of benzene rings is 7. The van der Waals surface area contributed by atoms with E-state index in [0.717, 1.165) is 140 Å². The molecule has 0 atom stereocenters. The topological polar surface area (TPSA) is 59.0 Å². The number of hydrogen-bond acceptors (Lipinski definition) is 6. The quantitative estimate of drug-likeness (QED) is 0.164. The van der Waals surface area contributed by atoms with Gasteiger partial charge < -0.3 is 17.7 Å². The van der Waals surface area contributed by atoms with Crippen LogP contribution in [0.15, 0.2) is 151 Å². The molecule has 0 radical (unpaired) electrons. The van der Waals surface area contributed by atoms with Gasteiger partial charge in [-0.3, -0.25) is 9.80 Å². The number of aryl methyl sites for hydroxylation is 3. The molecule has 0 spiro atoms. The second-order valence-electron chi connectivity index (χ2n) is 22.0. The second kappa shape index (κ2) is 14.7. The van der Waals surface area contributed by atoms with Crippen LogP contribution in [0.3, 0.4) is 0 Å². The number of hydrogen-bond donors (Lipinski definition) is 0. The summed E-state index contributed by atoms with van der Waals surface area (Å²) in [5.74, 6) is 3.32. The Hall–Kier alpha value is -7.64. The molecule has 2 aliphatic heterocycles. The summed E-state index contributed by atoms with van der Waals surface area (Å²) >= 11 is 0. The van der Waals surface area contributed by atoms with Crippen LogP contribution in [0.25, 0.3) is 66.5 Å². The lowest BCUT2D eigenvalue weighted by Gasteiger charge is -2.42. The molecule has 0 aliphatic carbocycles. The molecule has 0 N–H and O–H groups in total. The van der Waals surface area contributed by atoms with E-state index in [1.165, 1.54) is 16.6 Å². The minimum Gasteiger partial charge on any atom is -0.456 e. The summed E-state index contributed by atoms with van der Waals surface area (Å²) < 4.78 is 28.0. The van der Waals surface area contributed by atoms with Crippen LogP contribution in [-0.2, 0) is 10.8 Å². The van der Waals surface area contributed by atoms with Gasteiger partial charge in [0.25, 0.3) is 6.71 Å². The fourth-order valence-electron chi connectivity index (χ4n) is 11.7. The number of anilines is 6. The van der Waals surface area contributed by atoms with E-state index in [-0.39, 0.29) is 17.5 Å². The summed E-state index contributed by atoms with van der Waals surface area (Å²) in [5.41, 5.74) is 21.3. The van der Waals surface area contributed by atoms with Crippen molar-refractivity contribution >= 4 is 101 Å². The van der Waals surface area contributed by atoms with Gasteiger partial charge in [-0.15, -0.1) is 0 Å². The summed E-state index contributed by atoms with van der Waals surface area (Å²) in [6.45, 7) is 24.6. The predicted octanol–water partition coefficient (Wildman–Crippen LogP) is 16.2. The van der Waals surface area contributed by atoms with Crippen LogP contribution in [-0.4, -0.2) is 6.71 Å². The van der Waals surface area contributed by atoms with E-state index >= 15 is 0 Å². The zero-order chi connectivity index (χ0) is 48.3. The van der Waals surface area contributed by atoms with Crippen LogP contribution in [0, 0.1) is 34.6 Å². The molecular formula is C63H55BN2O4. The maximum absolute atomic E-state index is 7.39. The molecule has 0 saturated carbocycles. The van der Waals surface area contributed by atoms with Gasteiger partial charge in [0.2, 0.25) is 11.8 Å². The summed E-state index contributed by atoms with van der Waals surface area (Å²) in [4.78, 5) is 4.86. The van der Waals surface area contributed by atoms with E-state index in [9.17, 15) is 0 Å². The summed E-state index contributed by atoms with van der Waals surface area (Å²) in [5, 5.41) is 4.38. The van der Waals surface area contributed by atoms with Crippen molar-refractivity contribution < 1.29 is 17.7 Å². The van der Waals surface area contributed by atoms with Gasteiger partial charge >= 0.3 is 0 Å². The predicted molar refractivity (Wildman–Crippen MR) is 292 cm³/mol. The molecule has 7 heteroatoms. The molecule has 70 heavy (non-hydrogen) atoms. The standard InChI is InChI=1S/C63H55BN2O4/c1-34-28-47-57-48(29-34)66(59-36(3)21-25-44(38(59)5)54-31-40-17-13-15-19-50(40)68-54)61-56(46-33-42(63(9,10)11)23-27-52(46)70-61)64(57)55-45-32-41(62(6,7)8)22-26-51(45)69-60(55)65(47)58-35(2)20-24-43(37(58)4)53-30-39-16-12-14-18-49(39)67-53/h12-33H,1-11H3. The van der Waals surface area contributed by atoms with E-state index in [0.29, 0.717) is 0 Å². The molecule has 0 amide bonds. The first-order chi connectivity index (χ1) is 33.5. The maximum Gasteiger partial charge on any atom is 0.262 e. The molecule has 0 saturated heterocycles. The van der Waals surface area contributed by atoms with Gasteiger partial charge in [0.05, 0.1) is 11.4 Å². The van der Waals surface area contributed by atoms with Crippen molar-refractivity contribution in [3.63, 3.8) is 0 Å². The number of rotatable bonds is 4. The Kier molecular flexibility index (Phi) is 8.91. The zero-order valence-electron chi connectivity index (χ0n) is 41.8. The molecular weight excluding hydrogens is 860 g/mol. The first kappa shape index (κ1) is 42.5. The van der Waals surface area contributed by atoms with Crippen LogP contribution in [0.5, 0.6) is 0 Å². The highest BCUT2D eigenvalue weighted by molar-refractivity contribution is 7.02. The fourth-order valence-corrected chi connectivity index (χ4v) is 11.7. The van der Waals surface area contributed by atoms with Gasteiger partial charge in [0.1, 0.15) is 33.9 Å². The van der Waals surface area contributed by atoms with Crippen molar-refractivity contribution in [1.29, 1.82) is 0 Å². The van der Waals surface area contributed by atoms with Crippen LogP contribution < -0.4 is 26.2 Å². The lowest BCUT2D eigenvalue weighted by molar-refractivity contribution is 0.589. The van der Waals surface area contributed by atoms with Gasteiger partial charge in [0, 0.05) is 55.0 Å². The summed E-state index contributed by atoms with van der Waals surface area (Å²) in [6, 6.07) is 48.1. The zero-order valence-corrected chi connectivity index (χ0v) is 41.8. The van der Waals surface area contributed by atoms with E-state index in [1.807, 2.05) is 24.3 Å². The highest BCUT2D eigenvalue weighted by Crippen LogP contribution is 2.52. The first-order valence-electron chi connectivity index (χ1n) is 24.6. The van der Waals surface area contributed by atoms with E-state index in [2.05, 4.69) is 195 Å². The molecule has 6 nitrogen and oxygen atoms in total. The van der Waals surface area contributed by atoms with Crippen molar-refractivity contribution in [3.8, 4) is 22.6 Å². The molecule has 13 rings (SSSR count). The molecule has 7 aromatic carbocycles. The fraction of sp³-hybridized carbons (Fsp3) is 0.206. The SMILES string of the molecule is Cc1cc2c3c(c1)N(c1c(C)ccc(-c4cc5ccccc5o4)c1C)c1oc4ccc(C(C)(C)C)cc4c1B3c1c(oc3ccc(C(C)(C)C)cc13)N2c1c(C)ccc(-c2cc3ccccc3o2)c1C. The second-order valence-corrected chi connectivity index (χ2v) is 22.0. The van der Waals surface area contributed by atoms with Crippen LogP contribution in [0.4, 0.5) is 34.5 Å². The molecule has 0 unspecified atom stereocenters. The molecule has 0 fully saturated rings. The van der Waals surface area contributed by atoms with Crippen LogP contribution in [0.2, 0.25) is 0 Å². The Morgan fingerprint density at radius 1 is 0.414 bits per heavy atom. The highest BCUT2D eigenvalue weighted by atomic mass is 16.4. The summed E-state index contributed by atoms with van der Waals surface area (Å²) in [6.07, 6.45) is 0. The largest absolute Gasteiger partial charge is 0.456 e. The minimum atomic E-state index is -0.241. The molecule has 6 heterocycles. The Morgan fingerprint density at radius 2 is 0.843 bits per heavy atom. The average Bonchev–Trinajstić information content (AvgIpc) is 4.12. The van der Waals surface area contributed by atoms with E-state index < -0.39 is 0 Å².